The van der Waals surface area contributed by atoms with Gasteiger partial charge in [0.05, 0.1) is 22.9 Å². The molecule has 23 heavy (non-hydrogen) atoms. The first-order chi connectivity index (χ1) is 11.0. The van der Waals surface area contributed by atoms with E-state index < -0.39 is 29.7 Å². The summed E-state index contributed by atoms with van der Waals surface area (Å²) in [5.41, 5.74) is 0.609. The van der Waals surface area contributed by atoms with Crippen molar-refractivity contribution in [3.63, 3.8) is 0 Å². The van der Waals surface area contributed by atoms with Crippen LogP contribution in [0, 0.1) is 17.7 Å². The zero-order valence-corrected chi connectivity index (χ0v) is 13.1. The Morgan fingerprint density at radius 2 is 2.00 bits per heavy atom. The molecule has 1 heterocycles. The summed E-state index contributed by atoms with van der Waals surface area (Å²) in [6.45, 7) is 0.451. The minimum absolute atomic E-state index is 0.0334. The van der Waals surface area contributed by atoms with Crippen molar-refractivity contribution >= 4 is 23.5 Å². The first-order valence-corrected chi connectivity index (χ1v) is 7.95. The molecule has 3 rings (SSSR count). The van der Waals surface area contributed by atoms with Gasteiger partial charge in [-0.15, -0.1) is 0 Å². The molecule has 7 heteroatoms. The Labute approximate surface area is 137 Å². The maximum Gasteiger partial charge on any atom is 0.307 e. The van der Waals surface area contributed by atoms with Crippen LogP contribution in [0.15, 0.2) is 18.2 Å². The fourth-order valence-electron chi connectivity index (χ4n) is 3.15. The number of halogens is 2. The molecule has 124 valence electrons. The van der Waals surface area contributed by atoms with Gasteiger partial charge >= 0.3 is 5.97 Å². The largest absolute Gasteiger partial charge is 0.481 e. The lowest BCUT2D eigenvalue weighted by molar-refractivity contribution is -0.153. The van der Waals surface area contributed by atoms with Crippen molar-refractivity contribution in [3.05, 3.63) is 34.6 Å². The van der Waals surface area contributed by atoms with E-state index in [1.165, 1.54) is 12.1 Å². The van der Waals surface area contributed by atoms with Gasteiger partial charge in [0.25, 0.3) is 0 Å². The van der Waals surface area contributed by atoms with Crippen LogP contribution in [0.5, 0.6) is 0 Å². The minimum Gasteiger partial charge on any atom is -0.481 e. The Morgan fingerprint density at radius 3 is 2.61 bits per heavy atom. The van der Waals surface area contributed by atoms with E-state index in [1.54, 1.807) is 6.07 Å². The van der Waals surface area contributed by atoms with Crippen LogP contribution in [0.3, 0.4) is 0 Å². The molecule has 4 unspecified atom stereocenters. The van der Waals surface area contributed by atoms with Gasteiger partial charge in [0.2, 0.25) is 5.91 Å². The fraction of sp³-hybridized carbons (Fsp3) is 0.500. The second kappa shape index (κ2) is 6.45. The molecule has 1 amide bonds. The van der Waals surface area contributed by atoms with Crippen LogP contribution < -0.4 is 5.32 Å². The van der Waals surface area contributed by atoms with Gasteiger partial charge in [-0.3, -0.25) is 9.59 Å². The quantitative estimate of drug-likeness (QED) is 0.882. The molecule has 0 aromatic heterocycles. The zero-order valence-electron chi connectivity index (χ0n) is 12.3. The van der Waals surface area contributed by atoms with Crippen molar-refractivity contribution in [2.24, 2.45) is 11.8 Å². The average molecular weight is 342 g/mol. The molecule has 0 bridgehead atoms. The van der Waals surface area contributed by atoms with E-state index in [2.05, 4.69) is 5.32 Å². The second-order valence-electron chi connectivity index (χ2n) is 6.00. The van der Waals surface area contributed by atoms with Crippen molar-refractivity contribution in [2.45, 2.75) is 31.4 Å². The van der Waals surface area contributed by atoms with E-state index in [0.717, 1.165) is 0 Å². The lowest BCUT2D eigenvalue weighted by Gasteiger charge is -2.33. The summed E-state index contributed by atoms with van der Waals surface area (Å²) >= 11 is 5.68. The molecule has 1 aromatic rings. The van der Waals surface area contributed by atoms with Crippen LogP contribution in [-0.2, 0) is 14.3 Å². The number of benzene rings is 1. The lowest BCUT2D eigenvalue weighted by Crippen LogP contribution is -2.47. The molecule has 5 nitrogen and oxygen atoms in total. The van der Waals surface area contributed by atoms with Crippen LogP contribution in [0.2, 0.25) is 5.02 Å². The number of amides is 1. The third-order valence-corrected chi connectivity index (χ3v) is 4.93. The number of hydrogen-bond acceptors (Lipinski definition) is 3. The third kappa shape index (κ3) is 3.19. The second-order valence-corrected chi connectivity index (χ2v) is 6.40. The van der Waals surface area contributed by atoms with Crippen molar-refractivity contribution in [3.8, 4) is 0 Å². The predicted molar refractivity (Wildman–Crippen MR) is 80.5 cm³/mol. The average Bonchev–Trinajstić information content (AvgIpc) is 2.88. The van der Waals surface area contributed by atoms with Crippen LogP contribution >= 0.6 is 11.6 Å². The van der Waals surface area contributed by atoms with Gasteiger partial charge in [-0.1, -0.05) is 17.7 Å². The molecule has 0 spiro atoms. The molecule has 0 radical (unpaired) electrons. The molecule has 2 N–H and O–H groups in total. The number of carbonyl (C=O) groups is 2. The standard InChI is InChI=1S/C16H17ClFNO4/c17-11-4-1-8(7-12(11)18)14-13(5-6-23-14)19-15(20)9-2-3-10(9)16(21)22/h1,4,7,9-10,13-14H,2-3,5-6H2,(H,19,20)(H,21,22). The van der Waals surface area contributed by atoms with E-state index in [4.69, 9.17) is 21.4 Å². The molecule has 2 aliphatic rings. The summed E-state index contributed by atoms with van der Waals surface area (Å²) in [4.78, 5) is 23.3. The van der Waals surface area contributed by atoms with Gasteiger partial charge in [-0.05, 0) is 37.0 Å². The third-order valence-electron chi connectivity index (χ3n) is 4.62. The topological polar surface area (TPSA) is 75.6 Å². The monoisotopic (exact) mass is 341 g/mol. The van der Waals surface area contributed by atoms with Crippen LogP contribution in [-0.4, -0.2) is 29.6 Å². The number of aliphatic carboxylic acids is 1. The SMILES string of the molecule is O=C(O)C1CCC1C(=O)NC1CCOC1c1ccc(Cl)c(F)c1. The van der Waals surface area contributed by atoms with Crippen molar-refractivity contribution in [2.75, 3.05) is 6.61 Å². The summed E-state index contributed by atoms with van der Waals surface area (Å²) in [5, 5.41) is 11.9. The molecular formula is C16H17ClFNO4. The Morgan fingerprint density at radius 1 is 1.26 bits per heavy atom. The first kappa shape index (κ1) is 16.2. The number of carbonyl (C=O) groups excluding carboxylic acids is 1. The predicted octanol–water partition coefficient (Wildman–Crippen LogP) is 2.54. The Balaban J connectivity index is 1.68. The maximum atomic E-state index is 13.6. The van der Waals surface area contributed by atoms with E-state index in [0.29, 0.717) is 31.4 Å². The maximum absolute atomic E-state index is 13.6. The molecule has 1 aromatic carbocycles. The first-order valence-electron chi connectivity index (χ1n) is 7.57. The van der Waals surface area contributed by atoms with Crippen LogP contribution in [0.25, 0.3) is 0 Å². The number of ether oxygens (including phenoxy) is 1. The molecular weight excluding hydrogens is 325 g/mol. The summed E-state index contributed by atoms with van der Waals surface area (Å²) < 4.78 is 19.2. The summed E-state index contributed by atoms with van der Waals surface area (Å²) in [5.74, 6) is -2.83. The number of rotatable bonds is 4. The van der Waals surface area contributed by atoms with Crippen LogP contribution in [0.4, 0.5) is 4.39 Å². The van der Waals surface area contributed by atoms with Gasteiger partial charge in [0, 0.05) is 6.61 Å². The molecule has 1 aliphatic heterocycles. The van der Waals surface area contributed by atoms with Gasteiger partial charge in [0.1, 0.15) is 11.9 Å². The highest BCUT2D eigenvalue weighted by Gasteiger charge is 2.43. The highest BCUT2D eigenvalue weighted by Crippen LogP contribution is 2.36. The summed E-state index contributed by atoms with van der Waals surface area (Å²) in [7, 11) is 0. The molecule has 1 aliphatic carbocycles. The Bertz CT molecular complexity index is 639. The summed E-state index contributed by atoms with van der Waals surface area (Å²) in [6.07, 6.45) is 1.26. The number of carboxylic acid groups (broad SMARTS) is 1. The molecule has 2 fully saturated rings. The van der Waals surface area contributed by atoms with Gasteiger partial charge in [0.15, 0.2) is 0 Å². The molecule has 1 saturated carbocycles. The normalized spacial score (nSPS) is 29.8. The highest BCUT2D eigenvalue weighted by molar-refractivity contribution is 6.30. The number of hydrogen-bond donors (Lipinski definition) is 2. The Kier molecular flexibility index (Phi) is 4.55. The zero-order chi connectivity index (χ0) is 16.6. The van der Waals surface area contributed by atoms with Crippen molar-refractivity contribution in [1.82, 2.24) is 5.32 Å². The summed E-state index contributed by atoms with van der Waals surface area (Å²) in [6, 6.07) is 4.14. The van der Waals surface area contributed by atoms with Gasteiger partial charge < -0.3 is 15.2 Å². The van der Waals surface area contributed by atoms with Crippen molar-refractivity contribution < 1.29 is 23.8 Å². The molecule has 4 atom stereocenters. The smallest absolute Gasteiger partial charge is 0.307 e. The van der Waals surface area contributed by atoms with E-state index in [9.17, 15) is 14.0 Å². The van der Waals surface area contributed by atoms with Crippen LogP contribution in [0.1, 0.15) is 30.9 Å². The number of carboxylic acids is 1. The number of nitrogens with one attached hydrogen (secondary N) is 1. The van der Waals surface area contributed by atoms with E-state index in [-0.39, 0.29) is 17.0 Å². The lowest BCUT2D eigenvalue weighted by atomic mass is 9.73. The van der Waals surface area contributed by atoms with Crippen molar-refractivity contribution in [1.29, 1.82) is 0 Å². The highest BCUT2D eigenvalue weighted by atomic mass is 35.5. The van der Waals surface area contributed by atoms with E-state index in [1.807, 2.05) is 0 Å². The molecule has 1 saturated heterocycles. The van der Waals surface area contributed by atoms with Gasteiger partial charge in [-0.2, -0.15) is 0 Å². The van der Waals surface area contributed by atoms with E-state index >= 15 is 0 Å². The van der Waals surface area contributed by atoms with Gasteiger partial charge in [-0.25, -0.2) is 4.39 Å². The Hall–Kier alpha value is -1.66. The fourth-order valence-corrected chi connectivity index (χ4v) is 3.27. The minimum atomic E-state index is -0.935.